The largest absolute Gasteiger partial charge is 0.351 e. The molecule has 1 radical (unpaired) electrons. The topological polar surface area (TPSA) is 16.1 Å². The number of halogens is 1. The summed E-state index contributed by atoms with van der Waals surface area (Å²) in [5.41, 5.74) is 0. The predicted octanol–water partition coefficient (Wildman–Crippen LogP) is 2.91. The third kappa shape index (κ3) is 1.71. The lowest BCUT2D eigenvalue weighted by Gasteiger charge is -2.27. The second kappa shape index (κ2) is 3.77. The summed E-state index contributed by atoms with van der Waals surface area (Å²) < 4.78 is 0. The average Bonchev–Trinajstić information content (AvgIpc) is 2.46. The van der Waals surface area contributed by atoms with Crippen molar-refractivity contribution in [2.24, 2.45) is 0 Å². The first-order valence-corrected chi connectivity index (χ1v) is 5.39. The van der Waals surface area contributed by atoms with Crippen molar-refractivity contribution in [3.8, 4) is 0 Å². The van der Waals surface area contributed by atoms with E-state index in [0.29, 0.717) is 17.2 Å². The molecule has 2 heterocycles. The third-order valence-electron chi connectivity index (χ3n) is 2.86. The summed E-state index contributed by atoms with van der Waals surface area (Å²) in [6.45, 7) is 4.46. The monoisotopic (exact) mass is 209 g/mol. The lowest BCUT2D eigenvalue weighted by atomic mass is 10.2. The van der Waals surface area contributed by atoms with Gasteiger partial charge in [-0.25, -0.2) is 4.98 Å². The molecule has 0 spiro atoms. The Morgan fingerprint density at radius 3 is 2.64 bits per heavy atom. The minimum atomic E-state index is 0.453. The van der Waals surface area contributed by atoms with Gasteiger partial charge in [0, 0.05) is 18.2 Å². The highest BCUT2D eigenvalue weighted by Gasteiger charge is 2.28. The molecule has 0 saturated carbocycles. The molecule has 2 unspecified atom stereocenters. The Morgan fingerprint density at radius 2 is 2.07 bits per heavy atom. The zero-order chi connectivity index (χ0) is 10.1. The molecule has 0 N–H and O–H groups in total. The van der Waals surface area contributed by atoms with Crippen molar-refractivity contribution in [3.05, 3.63) is 23.4 Å². The first kappa shape index (κ1) is 9.78. The Hall–Kier alpha value is -0.760. The number of hydrogen-bond acceptors (Lipinski definition) is 2. The van der Waals surface area contributed by atoms with Gasteiger partial charge in [-0.1, -0.05) is 11.6 Å². The van der Waals surface area contributed by atoms with Gasteiger partial charge in [-0.05, 0) is 38.8 Å². The Labute approximate surface area is 89.9 Å². The molecule has 0 bridgehead atoms. The number of nitrogens with zero attached hydrogens (tertiary/aromatic N) is 2. The van der Waals surface area contributed by atoms with Crippen molar-refractivity contribution in [1.29, 1.82) is 0 Å². The van der Waals surface area contributed by atoms with Crippen LogP contribution < -0.4 is 4.90 Å². The molecule has 0 aliphatic carbocycles. The first-order valence-electron chi connectivity index (χ1n) is 5.01. The van der Waals surface area contributed by atoms with Crippen molar-refractivity contribution >= 4 is 17.4 Å². The molecule has 1 aliphatic rings. The van der Waals surface area contributed by atoms with Crippen LogP contribution in [0.2, 0.25) is 5.15 Å². The fraction of sp³-hybridized carbons (Fsp3) is 0.545. The number of rotatable bonds is 1. The molecule has 2 rings (SSSR count). The summed E-state index contributed by atoms with van der Waals surface area (Å²) in [4.78, 5) is 6.62. The lowest BCUT2D eigenvalue weighted by molar-refractivity contribution is 0.683. The minimum absolute atomic E-state index is 0.453. The van der Waals surface area contributed by atoms with Gasteiger partial charge >= 0.3 is 0 Å². The zero-order valence-corrected chi connectivity index (χ0v) is 9.25. The summed E-state index contributed by atoms with van der Waals surface area (Å²) in [5, 5.41) is 0.453. The first-order chi connectivity index (χ1) is 6.68. The molecule has 0 aromatic carbocycles. The van der Waals surface area contributed by atoms with Gasteiger partial charge in [-0.15, -0.1) is 0 Å². The normalized spacial score (nSPS) is 26.9. The maximum atomic E-state index is 5.83. The number of hydrogen-bond donors (Lipinski definition) is 0. The van der Waals surface area contributed by atoms with Gasteiger partial charge in [-0.3, -0.25) is 0 Å². The van der Waals surface area contributed by atoms with Gasteiger partial charge in [0.25, 0.3) is 0 Å². The molecule has 0 amide bonds. The van der Waals surface area contributed by atoms with Crippen molar-refractivity contribution in [3.63, 3.8) is 0 Å². The SMILES string of the molecule is CC1CCC(C)N1c1cc[c]c(Cl)n1. The molecule has 1 aromatic heterocycles. The molecule has 75 valence electrons. The van der Waals surface area contributed by atoms with E-state index in [-0.39, 0.29) is 0 Å². The summed E-state index contributed by atoms with van der Waals surface area (Å²) in [6, 6.07) is 7.80. The highest BCUT2D eigenvalue weighted by molar-refractivity contribution is 6.29. The van der Waals surface area contributed by atoms with Crippen LogP contribution in [0, 0.1) is 6.07 Å². The molecule has 2 atom stereocenters. The average molecular weight is 210 g/mol. The Kier molecular flexibility index (Phi) is 2.64. The van der Waals surface area contributed by atoms with Crippen LogP contribution in [0.15, 0.2) is 12.1 Å². The Bertz CT molecular complexity index is 317. The van der Waals surface area contributed by atoms with E-state index in [1.807, 2.05) is 12.1 Å². The number of pyridine rings is 1. The molecule has 1 aromatic rings. The Balaban J connectivity index is 2.29. The van der Waals surface area contributed by atoms with Crippen LogP contribution in [0.3, 0.4) is 0 Å². The summed E-state index contributed by atoms with van der Waals surface area (Å²) >= 11 is 5.83. The second-order valence-corrected chi connectivity index (χ2v) is 4.28. The molecule has 3 heteroatoms. The van der Waals surface area contributed by atoms with Crippen molar-refractivity contribution in [2.45, 2.75) is 38.8 Å². The van der Waals surface area contributed by atoms with Crippen molar-refractivity contribution in [2.75, 3.05) is 4.90 Å². The van der Waals surface area contributed by atoms with Crippen LogP contribution >= 0.6 is 11.6 Å². The van der Waals surface area contributed by atoms with Gasteiger partial charge in [0.05, 0.1) is 0 Å². The highest BCUT2D eigenvalue weighted by Crippen LogP contribution is 2.29. The molecule has 1 aliphatic heterocycles. The van der Waals surface area contributed by atoms with Gasteiger partial charge in [0.15, 0.2) is 0 Å². The number of anilines is 1. The second-order valence-electron chi connectivity index (χ2n) is 3.92. The van der Waals surface area contributed by atoms with Gasteiger partial charge in [-0.2, -0.15) is 0 Å². The van der Waals surface area contributed by atoms with Crippen LogP contribution in [-0.4, -0.2) is 17.1 Å². The van der Waals surface area contributed by atoms with Crippen LogP contribution in [0.5, 0.6) is 0 Å². The molecule has 1 saturated heterocycles. The predicted molar refractivity (Wildman–Crippen MR) is 58.7 cm³/mol. The summed E-state index contributed by atoms with van der Waals surface area (Å²) in [6.07, 6.45) is 2.47. The van der Waals surface area contributed by atoms with E-state index in [1.54, 1.807) is 0 Å². The Morgan fingerprint density at radius 1 is 1.43 bits per heavy atom. The summed E-state index contributed by atoms with van der Waals surface area (Å²) in [7, 11) is 0. The van der Waals surface area contributed by atoms with E-state index in [1.165, 1.54) is 12.8 Å². The quantitative estimate of drug-likeness (QED) is 0.662. The van der Waals surface area contributed by atoms with Crippen LogP contribution in [0.25, 0.3) is 0 Å². The van der Waals surface area contributed by atoms with E-state index < -0.39 is 0 Å². The molecule has 1 fully saturated rings. The lowest BCUT2D eigenvalue weighted by Crippen LogP contribution is -2.33. The minimum Gasteiger partial charge on any atom is -0.351 e. The van der Waals surface area contributed by atoms with Crippen molar-refractivity contribution < 1.29 is 0 Å². The number of aromatic nitrogens is 1. The van der Waals surface area contributed by atoms with E-state index in [0.717, 1.165) is 5.82 Å². The van der Waals surface area contributed by atoms with Gasteiger partial charge < -0.3 is 4.90 Å². The highest BCUT2D eigenvalue weighted by atomic mass is 35.5. The molecular formula is C11H14ClN2. The third-order valence-corrected chi connectivity index (χ3v) is 3.06. The van der Waals surface area contributed by atoms with Gasteiger partial charge in [0.1, 0.15) is 11.0 Å². The van der Waals surface area contributed by atoms with E-state index >= 15 is 0 Å². The fourth-order valence-corrected chi connectivity index (χ4v) is 2.30. The fourth-order valence-electron chi connectivity index (χ4n) is 2.15. The smallest absolute Gasteiger partial charge is 0.139 e. The molecule has 14 heavy (non-hydrogen) atoms. The summed E-state index contributed by atoms with van der Waals surface area (Å²) in [5.74, 6) is 0.978. The van der Waals surface area contributed by atoms with Crippen molar-refractivity contribution in [1.82, 2.24) is 4.98 Å². The molecular weight excluding hydrogens is 196 g/mol. The maximum absolute atomic E-state index is 5.83. The molecule has 2 nitrogen and oxygen atoms in total. The van der Waals surface area contributed by atoms with Crippen LogP contribution in [-0.2, 0) is 0 Å². The van der Waals surface area contributed by atoms with Crippen LogP contribution in [0.1, 0.15) is 26.7 Å². The standard InChI is InChI=1S/C11H14ClN2/c1-8-6-7-9(2)14(8)11-5-3-4-10(12)13-11/h3,5,8-9H,6-7H2,1-2H3. The zero-order valence-electron chi connectivity index (χ0n) is 8.50. The van der Waals surface area contributed by atoms with E-state index in [2.05, 4.69) is 29.8 Å². The van der Waals surface area contributed by atoms with E-state index in [9.17, 15) is 0 Å². The van der Waals surface area contributed by atoms with E-state index in [4.69, 9.17) is 11.6 Å². The maximum Gasteiger partial charge on any atom is 0.139 e. The van der Waals surface area contributed by atoms with Crippen LogP contribution in [0.4, 0.5) is 5.82 Å². The van der Waals surface area contributed by atoms with Gasteiger partial charge in [0.2, 0.25) is 0 Å².